The lowest BCUT2D eigenvalue weighted by Crippen LogP contribution is -2.40. The summed E-state index contributed by atoms with van der Waals surface area (Å²) in [5.41, 5.74) is 0.398. The Balaban J connectivity index is 2.22. The molecule has 1 fully saturated rings. The highest BCUT2D eigenvalue weighted by Crippen LogP contribution is 2.21. The largest absolute Gasteiger partial charge is 0.334 e. The Morgan fingerprint density at radius 2 is 2.26 bits per heavy atom. The van der Waals surface area contributed by atoms with Crippen LogP contribution in [0.2, 0.25) is 0 Å². The molecule has 2 rings (SSSR count). The highest BCUT2D eigenvalue weighted by atomic mass is 32.2. The molecule has 1 atom stereocenters. The Bertz CT molecular complexity index is 673. The van der Waals surface area contributed by atoms with E-state index < -0.39 is 10.0 Å². The van der Waals surface area contributed by atoms with Gasteiger partial charge in [0.05, 0.1) is 4.90 Å². The molecule has 1 amide bonds. The van der Waals surface area contributed by atoms with E-state index >= 15 is 0 Å². The van der Waals surface area contributed by atoms with Crippen LogP contribution < -0.4 is 10.0 Å². The molecule has 1 aliphatic rings. The van der Waals surface area contributed by atoms with E-state index in [1.54, 1.807) is 12.1 Å². The number of sulfonamides is 1. The lowest BCUT2D eigenvalue weighted by Gasteiger charge is -2.24. The quantitative estimate of drug-likeness (QED) is 0.727. The molecule has 0 radical (unpaired) electrons. The van der Waals surface area contributed by atoms with Gasteiger partial charge in [0.2, 0.25) is 10.0 Å². The van der Waals surface area contributed by atoms with E-state index in [9.17, 15) is 13.2 Å². The van der Waals surface area contributed by atoms with E-state index in [1.807, 2.05) is 11.9 Å². The van der Waals surface area contributed by atoms with E-state index in [2.05, 4.69) is 16.6 Å². The normalized spacial score (nSPS) is 18.1. The van der Waals surface area contributed by atoms with Crippen molar-refractivity contribution in [2.24, 2.45) is 0 Å². The summed E-state index contributed by atoms with van der Waals surface area (Å²) in [5, 5.41) is 3.10. The van der Waals surface area contributed by atoms with Crippen LogP contribution in [0.3, 0.4) is 0 Å². The number of hydrogen-bond acceptors (Lipinski definition) is 4. The number of rotatable bonds is 7. The summed E-state index contributed by atoms with van der Waals surface area (Å²) in [6.07, 6.45) is 3.40. The van der Waals surface area contributed by atoms with Crippen molar-refractivity contribution in [3.8, 4) is 0 Å². The summed E-state index contributed by atoms with van der Waals surface area (Å²) < 4.78 is 26.7. The summed E-state index contributed by atoms with van der Waals surface area (Å²) in [6, 6.07) is 6.33. The molecule has 1 saturated heterocycles. The number of benzene rings is 1. The van der Waals surface area contributed by atoms with E-state index in [4.69, 9.17) is 0 Å². The maximum atomic E-state index is 12.7. The van der Waals surface area contributed by atoms with Gasteiger partial charge in [0, 0.05) is 31.2 Å². The van der Waals surface area contributed by atoms with Crippen LogP contribution in [0.15, 0.2) is 41.8 Å². The second-order valence-electron chi connectivity index (χ2n) is 5.52. The van der Waals surface area contributed by atoms with E-state index in [0.717, 1.165) is 19.4 Å². The van der Waals surface area contributed by atoms with E-state index in [-0.39, 0.29) is 23.4 Å². The zero-order valence-electron chi connectivity index (χ0n) is 13.3. The minimum Gasteiger partial charge on any atom is -0.334 e. The summed E-state index contributed by atoms with van der Waals surface area (Å²) in [7, 11) is -1.77. The van der Waals surface area contributed by atoms with Crippen molar-refractivity contribution in [2.45, 2.75) is 23.8 Å². The predicted molar refractivity (Wildman–Crippen MR) is 89.8 cm³/mol. The second-order valence-corrected chi connectivity index (χ2v) is 7.29. The lowest BCUT2D eigenvalue weighted by atomic mass is 10.1. The SMILES string of the molecule is C=CCNS(=O)(=O)c1cccc(C(=O)N2CCCC2CNC)c1. The predicted octanol–water partition coefficient (Wildman–Crippen LogP) is 0.975. The number of nitrogens with one attached hydrogen (secondary N) is 2. The highest BCUT2D eigenvalue weighted by molar-refractivity contribution is 7.89. The molecule has 1 heterocycles. The molecule has 7 heteroatoms. The number of likely N-dealkylation sites (tertiary alicyclic amines) is 1. The molecule has 0 aliphatic carbocycles. The number of nitrogens with zero attached hydrogens (tertiary/aromatic N) is 1. The molecular formula is C16H23N3O3S. The first kappa shape index (κ1) is 17.7. The maximum absolute atomic E-state index is 12.7. The van der Waals surface area contributed by atoms with Gasteiger partial charge in [-0.2, -0.15) is 0 Å². The van der Waals surface area contributed by atoms with Crippen LogP contribution in [-0.4, -0.2) is 51.9 Å². The topological polar surface area (TPSA) is 78.5 Å². The Morgan fingerprint density at radius 3 is 2.96 bits per heavy atom. The number of carbonyl (C=O) groups excluding carboxylic acids is 1. The smallest absolute Gasteiger partial charge is 0.254 e. The molecule has 126 valence electrons. The molecule has 1 aromatic carbocycles. The second kappa shape index (κ2) is 7.72. The van der Waals surface area contributed by atoms with Crippen molar-refractivity contribution < 1.29 is 13.2 Å². The average molecular weight is 337 g/mol. The summed E-state index contributed by atoms with van der Waals surface area (Å²) in [4.78, 5) is 14.6. The molecule has 1 unspecified atom stereocenters. The molecule has 1 aromatic rings. The van der Waals surface area contributed by atoms with Gasteiger partial charge in [0.25, 0.3) is 5.91 Å². The third-order valence-corrected chi connectivity index (χ3v) is 5.31. The Kier molecular flexibility index (Phi) is 5.92. The minimum absolute atomic E-state index is 0.0922. The van der Waals surface area contributed by atoms with Crippen molar-refractivity contribution >= 4 is 15.9 Å². The first-order chi connectivity index (χ1) is 11.0. The Hall–Kier alpha value is -1.70. The van der Waals surface area contributed by atoms with Crippen LogP contribution in [0.5, 0.6) is 0 Å². The Morgan fingerprint density at radius 1 is 1.48 bits per heavy atom. The molecule has 1 aliphatic heterocycles. The molecule has 23 heavy (non-hydrogen) atoms. The lowest BCUT2D eigenvalue weighted by molar-refractivity contribution is 0.0737. The molecule has 0 aromatic heterocycles. The van der Waals surface area contributed by atoms with Crippen molar-refractivity contribution in [1.82, 2.24) is 14.9 Å². The molecular weight excluding hydrogens is 314 g/mol. The number of hydrogen-bond donors (Lipinski definition) is 2. The maximum Gasteiger partial charge on any atom is 0.254 e. The fourth-order valence-corrected chi connectivity index (χ4v) is 3.81. The van der Waals surface area contributed by atoms with Gasteiger partial charge in [-0.05, 0) is 38.1 Å². The number of carbonyl (C=O) groups is 1. The third kappa shape index (κ3) is 4.19. The summed E-state index contributed by atoms with van der Waals surface area (Å²) in [6.45, 7) is 5.08. The minimum atomic E-state index is -3.63. The van der Waals surface area contributed by atoms with Gasteiger partial charge in [0.1, 0.15) is 0 Å². The zero-order chi connectivity index (χ0) is 16.9. The van der Waals surface area contributed by atoms with Gasteiger partial charge < -0.3 is 10.2 Å². The summed E-state index contributed by atoms with van der Waals surface area (Å²) >= 11 is 0. The van der Waals surface area contributed by atoms with Gasteiger partial charge >= 0.3 is 0 Å². The van der Waals surface area contributed by atoms with Crippen molar-refractivity contribution in [3.63, 3.8) is 0 Å². The molecule has 0 spiro atoms. The highest BCUT2D eigenvalue weighted by Gasteiger charge is 2.29. The average Bonchev–Trinajstić information content (AvgIpc) is 3.01. The Labute approximate surface area is 137 Å². The van der Waals surface area contributed by atoms with Crippen LogP contribution in [0.25, 0.3) is 0 Å². The van der Waals surface area contributed by atoms with Crippen molar-refractivity contribution in [3.05, 3.63) is 42.5 Å². The monoisotopic (exact) mass is 337 g/mol. The van der Waals surface area contributed by atoms with Crippen LogP contribution in [0, 0.1) is 0 Å². The number of amides is 1. The summed E-state index contributed by atoms with van der Waals surface area (Å²) in [5.74, 6) is -0.122. The van der Waals surface area contributed by atoms with Crippen LogP contribution in [0.4, 0.5) is 0 Å². The van der Waals surface area contributed by atoms with E-state index in [1.165, 1.54) is 18.2 Å². The van der Waals surface area contributed by atoms with Crippen LogP contribution in [0.1, 0.15) is 23.2 Å². The van der Waals surface area contributed by atoms with Gasteiger partial charge in [0.15, 0.2) is 0 Å². The first-order valence-corrected chi connectivity index (χ1v) is 9.14. The third-order valence-electron chi connectivity index (χ3n) is 3.89. The van der Waals surface area contributed by atoms with Gasteiger partial charge in [-0.1, -0.05) is 12.1 Å². The van der Waals surface area contributed by atoms with Crippen molar-refractivity contribution in [1.29, 1.82) is 0 Å². The van der Waals surface area contributed by atoms with Gasteiger partial charge in [-0.25, -0.2) is 13.1 Å². The van der Waals surface area contributed by atoms with Crippen molar-refractivity contribution in [2.75, 3.05) is 26.7 Å². The van der Waals surface area contributed by atoms with Gasteiger partial charge in [-0.15, -0.1) is 6.58 Å². The van der Waals surface area contributed by atoms with Gasteiger partial charge in [-0.3, -0.25) is 4.79 Å². The number of likely N-dealkylation sites (N-methyl/N-ethyl adjacent to an activating group) is 1. The van der Waals surface area contributed by atoms with Crippen LogP contribution in [-0.2, 0) is 10.0 Å². The fraction of sp³-hybridized carbons (Fsp3) is 0.438. The molecule has 0 saturated carbocycles. The fourth-order valence-electron chi connectivity index (χ4n) is 2.76. The molecule has 6 nitrogen and oxygen atoms in total. The standard InChI is InChI=1S/C16H23N3O3S/c1-3-9-18-23(21,22)15-8-4-6-13(11-15)16(20)19-10-5-7-14(19)12-17-2/h3-4,6,8,11,14,17-18H,1,5,7,9-10,12H2,2H3. The molecule has 0 bridgehead atoms. The first-order valence-electron chi connectivity index (χ1n) is 7.66. The zero-order valence-corrected chi connectivity index (χ0v) is 14.1. The van der Waals surface area contributed by atoms with E-state index in [0.29, 0.717) is 12.1 Å². The molecule has 2 N–H and O–H groups in total. The van der Waals surface area contributed by atoms with Crippen LogP contribution >= 0.6 is 0 Å².